The minimum Gasteiger partial charge on any atom is -0.355 e. The first-order valence-corrected chi connectivity index (χ1v) is 7.90. The lowest BCUT2D eigenvalue weighted by atomic mass is 10.00. The molecule has 0 saturated heterocycles. The Morgan fingerprint density at radius 2 is 2.08 bits per heavy atom. The Morgan fingerprint density at radius 3 is 2.88 bits per heavy atom. The molecule has 2 heterocycles. The maximum absolute atomic E-state index is 12.3. The zero-order valence-electron chi connectivity index (χ0n) is 13.2. The highest BCUT2D eigenvalue weighted by Crippen LogP contribution is 2.19. The number of fused-ring (bicyclic) bond motifs is 1. The smallest absolute Gasteiger partial charge is 0.237 e. The number of pyridine rings is 1. The number of rotatable bonds is 6. The van der Waals surface area contributed by atoms with Crippen LogP contribution in [-0.2, 0) is 17.6 Å². The molecule has 1 aromatic carbocycles. The summed E-state index contributed by atoms with van der Waals surface area (Å²) in [5.74, 6) is -0.938. The van der Waals surface area contributed by atoms with Crippen LogP contribution in [-0.4, -0.2) is 22.4 Å². The van der Waals surface area contributed by atoms with Crippen molar-refractivity contribution in [1.82, 2.24) is 15.3 Å². The van der Waals surface area contributed by atoms with Crippen LogP contribution in [0.2, 0.25) is 0 Å². The Balaban J connectivity index is 1.59. The molecule has 2 N–H and O–H groups in total. The van der Waals surface area contributed by atoms with E-state index in [9.17, 15) is 10.1 Å². The summed E-state index contributed by atoms with van der Waals surface area (Å²) >= 11 is 0. The van der Waals surface area contributed by atoms with E-state index in [1.807, 2.05) is 48.7 Å². The lowest BCUT2D eigenvalue weighted by molar-refractivity contribution is -0.123. The van der Waals surface area contributed by atoms with Crippen molar-refractivity contribution < 1.29 is 4.79 Å². The first kappa shape index (κ1) is 15.8. The van der Waals surface area contributed by atoms with E-state index < -0.39 is 5.92 Å². The lowest BCUT2D eigenvalue weighted by Crippen LogP contribution is -2.32. The van der Waals surface area contributed by atoms with Crippen molar-refractivity contribution in [1.29, 1.82) is 5.26 Å². The van der Waals surface area contributed by atoms with Crippen LogP contribution in [0, 0.1) is 17.2 Å². The minimum absolute atomic E-state index is 0.230. The number of carbonyl (C=O) groups is 1. The molecule has 0 aliphatic heterocycles. The molecule has 3 aromatic rings. The van der Waals surface area contributed by atoms with Gasteiger partial charge in [0, 0.05) is 24.3 Å². The summed E-state index contributed by atoms with van der Waals surface area (Å²) in [5.41, 5.74) is 2.87. The standard InChI is InChI=1S/C19H18N4O/c20-12-15(11-16-13-23-18-17(16)7-4-9-21-18)19(24)22-10-8-14-5-2-1-3-6-14/h1-7,9,13,15H,8,10-11H2,(H,21,23)(H,22,24)/t15-/m0/s1. The Morgan fingerprint density at radius 1 is 1.25 bits per heavy atom. The molecular weight excluding hydrogens is 300 g/mol. The summed E-state index contributed by atoms with van der Waals surface area (Å²) in [4.78, 5) is 19.6. The molecule has 0 aliphatic rings. The first-order chi connectivity index (χ1) is 11.8. The van der Waals surface area contributed by atoms with Crippen molar-refractivity contribution in [3.8, 4) is 6.07 Å². The van der Waals surface area contributed by atoms with Crippen molar-refractivity contribution in [2.45, 2.75) is 12.8 Å². The van der Waals surface area contributed by atoms with Crippen molar-refractivity contribution in [3.05, 3.63) is 66.0 Å². The van der Waals surface area contributed by atoms with E-state index in [1.54, 1.807) is 6.20 Å². The molecular formula is C19H18N4O. The third-order valence-corrected chi connectivity index (χ3v) is 3.99. The van der Waals surface area contributed by atoms with Crippen LogP contribution >= 0.6 is 0 Å². The Labute approximate surface area is 140 Å². The van der Waals surface area contributed by atoms with Gasteiger partial charge in [0.1, 0.15) is 11.6 Å². The molecule has 1 amide bonds. The van der Waals surface area contributed by atoms with Gasteiger partial charge in [-0.25, -0.2) is 4.98 Å². The molecule has 2 aromatic heterocycles. The second-order valence-electron chi connectivity index (χ2n) is 5.63. The van der Waals surface area contributed by atoms with Crippen molar-refractivity contribution >= 4 is 16.9 Å². The summed E-state index contributed by atoms with van der Waals surface area (Å²) in [6.07, 6.45) is 4.65. The third kappa shape index (κ3) is 3.61. The van der Waals surface area contributed by atoms with Gasteiger partial charge in [-0.05, 0) is 36.1 Å². The first-order valence-electron chi connectivity index (χ1n) is 7.90. The van der Waals surface area contributed by atoms with Crippen LogP contribution in [0.4, 0.5) is 0 Å². The molecule has 24 heavy (non-hydrogen) atoms. The molecule has 0 spiro atoms. The van der Waals surface area contributed by atoms with E-state index in [2.05, 4.69) is 21.4 Å². The molecule has 0 bridgehead atoms. The van der Waals surface area contributed by atoms with E-state index >= 15 is 0 Å². The molecule has 0 fully saturated rings. The molecule has 3 rings (SSSR count). The van der Waals surface area contributed by atoms with Crippen molar-refractivity contribution in [2.75, 3.05) is 6.54 Å². The summed E-state index contributed by atoms with van der Waals surface area (Å²) in [5, 5.41) is 13.2. The number of nitrogens with one attached hydrogen (secondary N) is 2. The van der Waals surface area contributed by atoms with Gasteiger partial charge in [-0.15, -0.1) is 0 Å². The highest BCUT2D eigenvalue weighted by atomic mass is 16.1. The number of nitrogens with zero attached hydrogens (tertiary/aromatic N) is 2. The number of amides is 1. The average molecular weight is 318 g/mol. The van der Waals surface area contributed by atoms with Crippen molar-refractivity contribution in [2.24, 2.45) is 5.92 Å². The number of benzene rings is 1. The number of hydrogen-bond acceptors (Lipinski definition) is 3. The van der Waals surface area contributed by atoms with Gasteiger partial charge in [0.2, 0.25) is 5.91 Å². The predicted octanol–water partition coefficient (Wildman–Crippen LogP) is 2.60. The second kappa shape index (κ2) is 7.42. The summed E-state index contributed by atoms with van der Waals surface area (Å²) < 4.78 is 0. The molecule has 0 radical (unpaired) electrons. The third-order valence-electron chi connectivity index (χ3n) is 3.99. The molecule has 5 heteroatoms. The molecule has 0 aliphatic carbocycles. The second-order valence-corrected chi connectivity index (χ2v) is 5.63. The van der Waals surface area contributed by atoms with E-state index in [0.717, 1.165) is 28.6 Å². The zero-order valence-corrected chi connectivity index (χ0v) is 13.2. The topological polar surface area (TPSA) is 81.6 Å². The quantitative estimate of drug-likeness (QED) is 0.733. The van der Waals surface area contributed by atoms with E-state index in [-0.39, 0.29) is 5.91 Å². The van der Waals surface area contributed by atoms with Crippen LogP contribution in [0.25, 0.3) is 11.0 Å². The Hall–Kier alpha value is -3.13. The highest BCUT2D eigenvalue weighted by molar-refractivity contribution is 5.84. The number of hydrogen-bond donors (Lipinski definition) is 2. The normalized spacial score (nSPS) is 11.8. The van der Waals surface area contributed by atoms with Crippen molar-refractivity contribution in [3.63, 3.8) is 0 Å². The van der Waals surface area contributed by atoms with E-state index in [4.69, 9.17) is 0 Å². The van der Waals surface area contributed by atoms with Gasteiger partial charge in [0.15, 0.2) is 0 Å². The number of aromatic amines is 1. The fraction of sp³-hybridized carbons (Fsp3) is 0.211. The van der Waals surface area contributed by atoms with Gasteiger partial charge in [0.05, 0.1) is 6.07 Å². The molecule has 120 valence electrons. The number of aromatic nitrogens is 2. The minimum atomic E-state index is -0.708. The number of carbonyl (C=O) groups excluding carboxylic acids is 1. The van der Waals surface area contributed by atoms with E-state index in [1.165, 1.54) is 0 Å². The summed E-state index contributed by atoms with van der Waals surface area (Å²) in [7, 11) is 0. The van der Waals surface area contributed by atoms with Gasteiger partial charge in [-0.1, -0.05) is 30.3 Å². The lowest BCUT2D eigenvalue weighted by Gasteiger charge is -2.10. The Bertz CT molecular complexity index is 864. The van der Waals surface area contributed by atoms with Crippen LogP contribution in [0.5, 0.6) is 0 Å². The van der Waals surface area contributed by atoms with Gasteiger partial charge >= 0.3 is 0 Å². The number of H-pyrrole nitrogens is 1. The molecule has 5 nitrogen and oxygen atoms in total. The molecule has 1 atom stereocenters. The SMILES string of the molecule is N#C[C@H](Cc1c[nH]c2ncccc12)C(=O)NCCc1ccccc1. The fourth-order valence-electron chi connectivity index (χ4n) is 2.70. The largest absolute Gasteiger partial charge is 0.355 e. The van der Waals surface area contributed by atoms with Crippen LogP contribution in [0.15, 0.2) is 54.9 Å². The maximum atomic E-state index is 12.3. The van der Waals surface area contributed by atoms with Gasteiger partial charge in [-0.3, -0.25) is 4.79 Å². The zero-order chi connectivity index (χ0) is 16.8. The van der Waals surface area contributed by atoms with Gasteiger partial charge in [0.25, 0.3) is 0 Å². The van der Waals surface area contributed by atoms with E-state index in [0.29, 0.717) is 13.0 Å². The summed E-state index contributed by atoms with van der Waals surface area (Å²) in [6, 6.07) is 15.8. The molecule has 0 unspecified atom stereocenters. The van der Waals surface area contributed by atoms with Crippen LogP contribution in [0.3, 0.4) is 0 Å². The van der Waals surface area contributed by atoms with Gasteiger partial charge < -0.3 is 10.3 Å². The maximum Gasteiger partial charge on any atom is 0.237 e. The summed E-state index contributed by atoms with van der Waals surface area (Å²) in [6.45, 7) is 0.524. The molecule has 0 saturated carbocycles. The van der Waals surface area contributed by atoms with Crippen LogP contribution in [0.1, 0.15) is 11.1 Å². The van der Waals surface area contributed by atoms with Crippen LogP contribution < -0.4 is 5.32 Å². The Kier molecular flexibility index (Phi) is 4.87. The average Bonchev–Trinajstić information content (AvgIpc) is 3.03. The van der Waals surface area contributed by atoms with Gasteiger partial charge in [-0.2, -0.15) is 5.26 Å². The monoisotopic (exact) mass is 318 g/mol. The predicted molar refractivity (Wildman–Crippen MR) is 92.1 cm³/mol. The highest BCUT2D eigenvalue weighted by Gasteiger charge is 2.19. The number of nitriles is 1. The fourth-order valence-corrected chi connectivity index (χ4v) is 2.70.